The van der Waals surface area contributed by atoms with Crippen molar-refractivity contribution in [1.29, 1.82) is 0 Å². The van der Waals surface area contributed by atoms with Gasteiger partial charge in [0.25, 0.3) is 0 Å². The van der Waals surface area contributed by atoms with Crippen LogP contribution in [0.4, 0.5) is 10.5 Å². The Bertz CT molecular complexity index is 619. The zero-order valence-electron chi connectivity index (χ0n) is 13.6. The van der Waals surface area contributed by atoms with Crippen LogP contribution in [0, 0.1) is 5.92 Å². The molecule has 0 radical (unpaired) electrons. The van der Waals surface area contributed by atoms with Crippen LogP contribution in [0.3, 0.4) is 0 Å². The SMILES string of the molecule is CC(C)C1(OC(=O)N2c3ccccc3CC2C(=O)[O-])CCCC1. The molecule has 5 nitrogen and oxygen atoms in total. The Morgan fingerprint density at radius 2 is 1.91 bits per heavy atom. The lowest BCUT2D eigenvalue weighted by Gasteiger charge is -2.36. The van der Waals surface area contributed by atoms with Crippen molar-refractivity contribution in [3.05, 3.63) is 29.8 Å². The summed E-state index contributed by atoms with van der Waals surface area (Å²) in [6, 6.07) is 6.24. The van der Waals surface area contributed by atoms with Gasteiger partial charge in [-0.25, -0.2) is 4.79 Å². The van der Waals surface area contributed by atoms with Gasteiger partial charge in [0.2, 0.25) is 0 Å². The standard InChI is InChI=1S/C18H23NO4/c1-12(2)18(9-5-6-10-18)23-17(22)19-14-8-4-3-7-13(14)11-15(19)16(20)21/h3-4,7-8,12,15H,5-6,9-11H2,1-2H3,(H,20,21)/p-1. The van der Waals surface area contributed by atoms with Gasteiger partial charge in [0.05, 0.1) is 17.7 Å². The number of rotatable bonds is 3. The molecule has 23 heavy (non-hydrogen) atoms. The molecule has 1 aromatic carbocycles. The summed E-state index contributed by atoms with van der Waals surface area (Å²) in [6.45, 7) is 4.10. The molecule has 0 aromatic heterocycles. The molecule has 1 amide bonds. The highest BCUT2D eigenvalue weighted by molar-refractivity contribution is 5.98. The molecule has 0 N–H and O–H groups in total. The number of aliphatic carboxylic acids is 1. The van der Waals surface area contributed by atoms with Crippen molar-refractivity contribution in [1.82, 2.24) is 0 Å². The second-order valence-electron chi connectivity index (χ2n) is 6.83. The zero-order chi connectivity index (χ0) is 16.6. The molecule has 1 heterocycles. The number of anilines is 1. The smallest absolute Gasteiger partial charge is 0.415 e. The summed E-state index contributed by atoms with van der Waals surface area (Å²) in [5.74, 6) is -1.05. The quantitative estimate of drug-likeness (QED) is 0.858. The summed E-state index contributed by atoms with van der Waals surface area (Å²) in [5.41, 5.74) is 0.970. The Morgan fingerprint density at radius 1 is 1.26 bits per heavy atom. The molecule has 124 valence electrons. The molecule has 2 aliphatic rings. The molecule has 0 spiro atoms. The van der Waals surface area contributed by atoms with Crippen LogP contribution in [0.5, 0.6) is 0 Å². The number of para-hydroxylation sites is 1. The highest BCUT2D eigenvalue weighted by Gasteiger charge is 2.44. The average molecular weight is 316 g/mol. The Balaban J connectivity index is 1.89. The third kappa shape index (κ3) is 2.69. The minimum atomic E-state index is -1.25. The van der Waals surface area contributed by atoms with Gasteiger partial charge < -0.3 is 14.6 Å². The van der Waals surface area contributed by atoms with Crippen molar-refractivity contribution >= 4 is 17.7 Å². The van der Waals surface area contributed by atoms with E-state index in [1.165, 1.54) is 4.90 Å². The lowest BCUT2D eigenvalue weighted by molar-refractivity contribution is -0.307. The number of hydrogen-bond acceptors (Lipinski definition) is 4. The van der Waals surface area contributed by atoms with E-state index >= 15 is 0 Å². The predicted octanol–water partition coefficient (Wildman–Crippen LogP) is 2.27. The Morgan fingerprint density at radius 3 is 2.52 bits per heavy atom. The number of fused-ring (bicyclic) bond motifs is 1. The molecule has 5 heteroatoms. The first kappa shape index (κ1) is 15.8. The van der Waals surface area contributed by atoms with E-state index in [1.807, 2.05) is 26.0 Å². The number of nitrogens with zero attached hydrogens (tertiary/aromatic N) is 1. The monoisotopic (exact) mass is 316 g/mol. The number of carboxylic acid groups (broad SMARTS) is 1. The van der Waals surface area contributed by atoms with Gasteiger partial charge in [-0.3, -0.25) is 4.90 Å². The van der Waals surface area contributed by atoms with Gasteiger partial charge in [-0.2, -0.15) is 0 Å². The summed E-state index contributed by atoms with van der Waals surface area (Å²) in [5, 5.41) is 11.5. The molecule has 1 aliphatic carbocycles. The molecule has 1 fully saturated rings. The van der Waals surface area contributed by atoms with E-state index in [4.69, 9.17) is 4.74 Å². The number of amides is 1. The van der Waals surface area contributed by atoms with Crippen LogP contribution in [0.25, 0.3) is 0 Å². The van der Waals surface area contributed by atoms with E-state index in [0.717, 1.165) is 31.2 Å². The number of carbonyl (C=O) groups excluding carboxylic acids is 2. The maximum absolute atomic E-state index is 12.8. The summed E-state index contributed by atoms with van der Waals surface area (Å²) in [4.78, 5) is 25.5. The summed E-state index contributed by atoms with van der Waals surface area (Å²) < 4.78 is 5.88. The number of carboxylic acids is 1. The van der Waals surface area contributed by atoms with Crippen LogP contribution in [0.1, 0.15) is 45.1 Å². The minimum Gasteiger partial charge on any atom is -0.548 e. The summed E-state index contributed by atoms with van der Waals surface area (Å²) in [7, 11) is 0. The van der Waals surface area contributed by atoms with Crippen molar-refractivity contribution in [2.24, 2.45) is 5.92 Å². The second kappa shape index (κ2) is 5.87. The van der Waals surface area contributed by atoms with Crippen LogP contribution in [-0.4, -0.2) is 23.7 Å². The highest BCUT2D eigenvalue weighted by Crippen LogP contribution is 2.41. The molecule has 3 rings (SSSR count). The predicted molar refractivity (Wildman–Crippen MR) is 83.9 cm³/mol. The zero-order valence-corrected chi connectivity index (χ0v) is 13.6. The first-order chi connectivity index (χ1) is 10.9. The van der Waals surface area contributed by atoms with E-state index in [0.29, 0.717) is 5.69 Å². The first-order valence-electron chi connectivity index (χ1n) is 8.25. The first-order valence-corrected chi connectivity index (χ1v) is 8.25. The molecule has 1 aliphatic heterocycles. The minimum absolute atomic E-state index is 0.202. The fraction of sp³-hybridized carbons (Fsp3) is 0.556. The average Bonchev–Trinajstić information content (AvgIpc) is 3.11. The van der Waals surface area contributed by atoms with Gasteiger partial charge in [0.1, 0.15) is 5.60 Å². The summed E-state index contributed by atoms with van der Waals surface area (Å²) >= 11 is 0. The maximum Gasteiger partial charge on any atom is 0.415 e. The van der Waals surface area contributed by atoms with Gasteiger partial charge in [-0.15, -0.1) is 0 Å². The topological polar surface area (TPSA) is 69.7 Å². The number of benzene rings is 1. The van der Waals surface area contributed by atoms with Crippen LogP contribution >= 0.6 is 0 Å². The summed E-state index contributed by atoms with van der Waals surface area (Å²) in [6.07, 6.45) is 3.43. The molecule has 0 bridgehead atoms. The fourth-order valence-electron chi connectivity index (χ4n) is 3.79. The van der Waals surface area contributed by atoms with E-state index in [-0.39, 0.29) is 12.3 Å². The van der Waals surface area contributed by atoms with Gasteiger partial charge in [-0.1, -0.05) is 32.0 Å². The van der Waals surface area contributed by atoms with Crippen molar-refractivity contribution in [2.45, 2.75) is 57.6 Å². The van der Waals surface area contributed by atoms with Crippen LogP contribution in [0.15, 0.2) is 24.3 Å². The van der Waals surface area contributed by atoms with Crippen molar-refractivity contribution < 1.29 is 19.4 Å². The second-order valence-corrected chi connectivity index (χ2v) is 6.83. The lowest BCUT2D eigenvalue weighted by atomic mass is 9.88. The molecule has 1 atom stereocenters. The normalized spacial score (nSPS) is 22.2. The highest BCUT2D eigenvalue weighted by atomic mass is 16.6. The van der Waals surface area contributed by atoms with E-state index in [9.17, 15) is 14.7 Å². The maximum atomic E-state index is 12.8. The van der Waals surface area contributed by atoms with E-state index in [1.54, 1.807) is 12.1 Å². The molecule has 0 saturated heterocycles. The van der Waals surface area contributed by atoms with Gasteiger partial charge in [-0.05, 0) is 43.2 Å². The number of carbonyl (C=O) groups is 2. The molecule has 1 unspecified atom stereocenters. The molecule has 1 saturated carbocycles. The van der Waals surface area contributed by atoms with Crippen LogP contribution in [0.2, 0.25) is 0 Å². The number of hydrogen-bond donors (Lipinski definition) is 0. The van der Waals surface area contributed by atoms with Crippen LogP contribution in [-0.2, 0) is 16.0 Å². The number of ether oxygens (including phenoxy) is 1. The van der Waals surface area contributed by atoms with Gasteiger partial charge in [0, 0.05) is 6.42 Å². The Kier molecular flexibility index (Phi) is 4.04. The Labute approximate surface area is 136 Å². The van der Waals surface area contributed by atoms with E-state index < -0.39 is 23.7 Å². The van der Waals surface area contributed by atoms with Crippen molar-refractivity contribution in [3.8, 4) is 0 Å². The van der Waals surface area contributed by atoms with Crippen molar-refractivity contribution in [3.63, 3.8) is 0 Å². The Hall–Kier alpha value is -2.04. The van der Waals surface area contributed by atoms with Gasteiger partial charge >= 0.3 is 6.09 Å². The van der Waals surface area contributed by atoms with E-state index in [2.05, 4.69) is 0 Å². The van der Waals surface area contributed by atoms with Gasteiger partial charge in [0.15, 0.2) is 0 Å². The third-order valence-electron chi connectivity index (χ3n) is 5.24. The van der Waals surface area contributed by atoms with Crippen molar-refractivity contribution in [2.75, 3.05) is 4.90 Å². The lowest BCUT2D eigenvalue weighted by Crippen LogP contribution is -2.51. The largest absolute Gasteiger partial charge is 0.548 e. The molecular formula is C18H22NO4-. The fourth-order valence-corrected chi connectivity index (χ4v) is 3.79. The third-order valence-corrected chi connectivity index (χ3v) is 5.24. The molecular weight excluding hydrogens is 294 g/mol. The molecule has 1 aromatic rings. The van der Waals surface area contributed by atoms with Crippen LogP contribution < -0.4 is 10.0 Å².